The molecule has 40 heavy (non-hydrogen) atoms. The van der Waals surface area contributed by atoms with Crippen LogP contribution in [-0.2, 0) is 32.7 Å². The van der Waals surface area contributed by atoms with Crippen LogP contribution in [0.3, 0.4) is 0 Å². The predicted octanol–water partition coefficient (Wildman–Crippen LogP) is 5.68. The lowest BCUT2D eigenvalue weighted by Gasteiger charge is -2.30. The van der Waals surface area contributed by atoms with Crippen LogP contribution in [0.4, 0.5) is 0 Å². The van der Waals surface area contributed by atoms with Crippen LogP contribution >= 0.6 is 11.6 Å². The van der Waals surface area contributed by atoms with E-state index < -0.39 is 12.0 Å². The van der Waals surface area contributed by atoms with Gasteiger partial charge < -0.3 is 19.7 Å². The summed E-state index contributed by atoms with van der Waals surface area (Å²) in [7, 11) is 1.25. The van der Waals surface area contributed by atoms with E-state index in [-0.39, 0.29) is 28.6 Å². The normalized spacial score (nSPS) is 15.0. The molecule has 9 heteroatoms. The van der Waals surface area contributed by atoms with Crippen LogP contribution in [0.25, 0.3) is 0 Å². The number of hydrogen-bond donors (Lipinski definition) is 2. The lowest BCUT2D eigenvalue weighted by molar-refractivity contribution is -0.145. The first-order valence-corrected chi connectivity index (χ1v) is 14.1. The number of imidazole rings is 1. The summed E-state index contributed by atoms with van der Waals surface area (Å²) in [4.78, 5) is 42.0. The minimum atomic E-state index is -1.10. The van der Waals surface area contributed by atoms with Crippen molar-refractivity contribution in [3.05, 3.63) is 81.9 Å². The number of ether oxygens (including phenoxy) is 1. The van der Waals surface area contributed by atoms with Gasteiger partial charge in [-0.25, -0.2) is 9.78 Å². The maximum atomic E-state index is 13.3. The first-order chi connectivity index (χ1) is 19.3. The number of carbonyl (C=O) groups is 3. The number of nitrogens with zero attached hydrogens (tertiary/aromatic N) is 2. The molecule has 0 saturated heterocycles. The molecule has 1 fully saturated rings. The molecule has 0 aliphatic heterocycles. The van der Waals surface area contributed by atoms with Gasteiger partial charge in [-0.2, -0.15) is 0 Å². The number of esters is 1. The van der Waals surface area contributed by atoms with Crippen molar-refractivity contribution >= 4 is 29.8 Å². The van der Waals surface area contributed by atoms with Crippen molar-refractivity contribution in [3.63, 3.8) is 0 Å². The number of amides is 1. The van der Waals surface area contributed by atoms with Gasteiger partial charge in [0.15, 0.2) is 17.5 Å². The fourth-order valence-corrected chi connectivity index (χ4v) is 5.94. The molecule has 1 aromatic heterocycles. The maximum absolute atomic E-state index is 13.3. The summed E-state index contributed by atoms with van der Waals surface area (Å²) in [6, 6.07) is 13.5. The van der Waals surface area contributed by atoms with Gasteiger partial charge in [-0.1, -0.05) is 80.3 Å². The molecule has 1 aliphatic carbocycles. The number of aryl methyl sites for hydroxylation is 1. The van der Waals surface area contributed by atoms with Gasteiger partial charge in [0.05, 0.1) is 7.11 Å². The lowest BCUT2D eigenvalue weighted by Crippen LogP contribution is -2.38. The monoisotopic (exact) mass is 565 g/mol. The molecule has 0 bridgehead atoms. The molecule has 4 rings (SSSR count). The number of para-hydroxylation sites is 1. The van der Waals surface area contributed by atoms with Crippen molar-refractivity contribution in [2.75, 3.05) is 7.11 Å². The molecule has 0 radical (unpaired) electrons. The number of methoxy groups -OCH3 is 1. The number of phenols is 1. The Morgan fingerprint density at radius 3 is 2.50 bits per heavy atom. The van der Waals surface area contributed by atoms with E-state index in [1.165, 1.54) is 13.2 Å². The maximum Gasteiger partial charge on any atom is 0.333 e. The molecule has 1 aliphatic rings. The van der Waals surface area contributed by atoms with Crippen molar-refractivity contribution in [1.29, 1.82) is 0 Å². The number of benzene rings is 2. The minimum Gasteiger partial charge on any atom is -0.508 e. The lowest BCUT2D eigenvalue weighted by atomic mass is 9.75. The molecule has 2 aromatic carbocycles. The highest BCUT2D eigenvalue weighted by Crippen LogP contribution is 2.44. The van der Waals surface area contributed by atoms with Crippen molar-refractivity contribution in [3.8, 4) is 5.75 Å². The number of aromatic hydroxyl groups is 1. The Hall–Kier alpha value is -3.65. The van der Waals surface area contributed by atoms with Gasteiger partial charge in [0.1, 0.15) is 17.3 Å². The number of halogens is 1. The molecule has 3 aromatic rings. The fraction of sp³-hybridized carbons (Fsp3) is 0.419. The van der Waals surface area contributed by atoms with Crippen molar-refractivity contribution in [2.24, 2.45) is 0 Å². The molecule has 8 nitrogen and oxygen atoms in total. The van der Waals surface area contributed by atoms with Gasteiger partial charge >= 0.3 is 5.97 Å². The summed E-state index contributed by atoms with van der Waals surface area (Å²) in [6.07, 6.45) is 7.39. The molecule has 212 valence electrons. The summed E-state index contributed by atoms with van der Waals surface area (Å²) in [6.45, 7) is 2.58. The van der Waals surface area contributed by atoms with Crippen LogP contribution in [0.5, 0.6) is 5.75 Å². The SMILES string of the molecule is CCCCc1nc(Cl)c(C=O)n1Cc1ccc(C2(CC(=O)NC(C(=O)OC)c3ccccc3O)CCCC2)cc1. The number of hydrogen-bond acceptors (Lipinski definition) is 6. The number of aromatic nitrogens is 2. The van der Waals surface area contributed by atoms with Gasteiger partial charge in [-0.15, -0.1) is 0 Å². The molecule has 2 N–H and O–H groups in total. The zero-order chi connectivity index (χ0) is 28.7. The third kappa shape index (κ3) is 6.39. The second-order valence-corrected chi connectivity index (χ2v) is 10.8. The van der Waals surface area contributed by atoms with Crippen molar-refractivity contribution < 1.29 is 24.2 Å². The Bertz CT molecular complexity index is 1350. The molecular formula is C31H36ClN3O5. The Morgan fingerprint density at radius 1 is 1.18 bits per heavy atom. The van der Waals surface area contributed by atoms with Gasteiger partial charge in [-0.3, -0.25) is 9.59 Å². The standard InChI is InChI=1S/C31H36ClN3O5/c1-3-4-11-26-33-29(32)24(20-36)35(26)19-21-12-14-22(15-13-21)31(16-7-8-17-31)18-27(38)34-28(30(39)40-2)23-9-5-6-10-25(23)37/h5-6,9-10,12-15,20,28,37H,3-4,7-8,11,16-19H2,1-2H3,(H,34,38). The summed E-state index contributed by atoms with van der Waals surface area (Å²) in [5.74, 6) is -0.216. The van der Waals surface area contributed by atoms with Gasteiger partial charge in [0.2, 0.25) is 5.91 Å². The zero-order valence-corrected chi connectivity index (χ0v) is 23.7. The van der Waals surface area contributed by atoms with E-state index in [0.717, 1.165) is 68.2 Å². The summed E-state index contributed by atoms with van der Waals surface area (Å²) < 4.78 is 6.79. The highest BCUT2D eigenvalue weighted by Gasteiger charge is 2.39. The van der Waals surface area contributed by atoms with E-state index in [9.17, 15) is 19.5 Å². The van der Waals surface area contributed by atoms with Crippen LogP contribution in [0.2, 0.25) is 5.15 Å². The van der Waals surface area contributed by atoms with Crippen molar-refractivity contribution in [2.45, 2.75) is 76.3 Å². The number of phenolic OH excluding ortho intramolecular Hbond substituents is 1. The van der Waals surface area contributed by atoms with E-state index in [1.54, 1.807) is 18.2 Å². The highest BCUT2D eigenvalue weighted by molar-refractivity contribution is 6.31. The second-order valence-electron chi connectivity index (χ2n) is 10.5. The van der Waals surface area contributed by atoms with E-state index in [4.69, 9.17) is 16.3 Å². The van der Waals surface area contributed by atoms with Gasteiger partial charge in [-0.05, 0) is 36.5 Å². The van der Waals surface area contributed by atoms with Crippen LogP contribution in [0.1, 0.15) is 90.9 Å². The third-order valence-electron chi connectivity index (χ3n) is 7.86. The summed E-state index contributed by atoms with van der Waals surface area (Å²) in [5.41, 5.74) is 2.37. The molecular weight excluding hydrogens is 530 g/mol. The molecule has 1 unspecified atom stereocenters. The fourth-order valence-electron chi connectivity index (χ4n) is 5.69. The number of carbonyl (C=O) groups excluding carboxylic acids is 3. The molecule has 1 heterocycles. The third-order valence-corrected chi connectivity index (χ3v) is 8.14. The van der Waals surface area contributed by atoms with Crippen LogP contribution in [-0.4, -0.2) is 39.9 Å². The topological polar surface area (TPSA) is 111 Å². The van der Waals surface area contributed by atoms with E-state index >= 15 is 0 Å². The van der Waals surface area contributed by atoms with Crippen LogP contribution in [0.15, 0.2) is 48.5 Å². The largest absolute Gasteiger partial charge is 0.508 e. The van der Waals surface area contributed by atoms with E-state index in [1.807, 2.05) is 16.7 Å². The van der Waals surface area contributed by atoms with E-state index in [0.29, 0.717) is 17.8 Å². The van der Waals surface area contributed by atoms with Crippen LogP contribution in [0, 0.1) is 0 Å². The predicted molar refractivity (Wildman–Crippen MR) is 153 cm³/mol. The Labute approximate surface area is 239 Å². The number of unbranched alkanes of at least 4 members (excludes halogenated alkanes) is 1. The van der Waals surface area contributed by atoms with Crippen LogP contribution < -0.4 is 5.32 Å². The Morgan fingerprint density at radius 2 is 1.88 bits per heavy atom. The second kappa shape index (κ2) is 13.1. The van der Waals surface area contributed by atoms with E-state index in [2.05, 4.69) is 29.4 Å². The highest BCUT2D eigenvalue weighted by atomic mass is 35.5. The summed E-state index contributed by atoms with van der Waals surface area (Å²) >= 11 is 6.24. The molecule has 1 saturated carbocycles. The average Bonchev–Trinajstić information content (AvgIpc) is 3.55. The average molecular weight is 566 g/mol. The Kier molecular flexibility index (Phi) is 9.63. The first-order valence-electron chi connectivity index (χ1n) is 13.8. The zero-order valence-electron chi connectivity index (χ0n) is 23.0. The summed E-state index contributed by atoms with van der Waals surface area (Å²) in [5, 5.41) is 13.3. The first kappa shape index (κ1) is 29.3. The number of rotatable bonds is 12. The van der Waals surface area contributed by atoms with Gasteiger partial charge in [0, 0.05) is 30.4 Å². The molecule has 1 atom stereocenters. The quantitative estimate of drug-likeness (QED) is 0.216. The number of aldehydes is 1. The smallest absolute Gasteiger partial charge is 0.333 e. The molecule has 1 amide bonds. The minimum absolute atomic E-state index is 0.0841. The molecule has 0 spiro atoms. The Balaban J connectivity index is 1.53. The number of nitrogens with one attached hydrogen (secondary N) is 1. The van der Waals surface area contributed by atoms with Crippen molar-refractivity contribution in [1.82, 2.24) is 14.9 Å². The van der Waals surface area contributed by atoms with Gasteiger partial charge in [0.25, 0.3) is 0 Å².